The van der Waals surface area contributed by atoms with E-state index in [1.165, 1.54) is 16.8 Å². The van der Waals surface area contributed by atoms with E-state index in [2.05, 4.69) is 35.8 Å². The van der Waals surface area contributed by atoms with Crippen LogP contribution in [0, 0.1) is 17.0 Å². The molecule has 0 saturated carbocycles. The highest BCUT2D eigenvalue weighted by atomic mass is 19.2. The zero-order chi connectivity index (χ0) is 28.7. The molecule has 4 heterocycles. The fourth-order valence-electron chi connectivity index (χ4n) is 4.96. The lowest BCUT2D eigenvalue weighted by Gasteiger charge is -2.16. The number of rotatable bonds is 7. The third-order valence-electron chi connectivity index (χ3n) is 7.19. The third-order valence-corrected chi connectivity index (χ3v) is 7.19. The predicted molar refractivity (Wildman–Crippen MR) is 142 cm³/mol. The Labute approximate surface area is 234 Å². The SMILES string of the molecule is CC(C)(C)C(=O)OCn1cc(C2CCN(c3nnc(-c4cnc(NC5Cc6cc(F)c(F)cc6C5)cn4)o3)C2)nn1. The second-order valence-electron chi connectivity index (χ2n) is 11.4. The number of aromatic nitrogens is 7. The van der Waals surface area contributed by atoms with Crippen LogP contribution >= 0.6 is 0 Å². The van der Waals surface area contributed by atoms with E-state index in [0.717, 1.165) is 23.2 Å². The van der Waals surface area contributed by atoms with Gasteiger partial charge in [-0.1, -0.05) is 10.3 Å². The maximum absolute atomic E-state index is 13.5. The molecule has 0 amide bonds. The monoisotopic (exact) mass is 565 g/mol. The molecular formula is C27H29F2N9O3. The summed E-state index contributed by atoms with van der Waals surface area (Å²) in [6.07, 6.45) is 6.86. The van der Waals surface area contributed by atoms with Crippen LogP contribution in [-0.4, -0.2) is 60.3 Å². The Morgan fingerprint density at radius 3 is 2.54 bits per heavy atom. The van der Waals surface area contributed by atoms with Crippen LogP contribution in [0.1, 0.15) is 49.9 Å². The first-order valence-electron chi connectivity index (χ1n) is 13.3. The number of nitrogens with zero attached hydrogens (tertiary/aromatic N) is 8. The van der Waals surface area contributed by atoms with E-state index in [4.69, 9.17) is 9.15 Å². The van der Waals surface area contributed by atoms with E-state index in [0.29, 0.717) is 43.5 Å². The van der Waals surface area contributed by atoms with Gasteiger partial charge in [-0.25, -0.2) is 23.4 Å². The Kier molecular flexibility index (Phi) is 6.83. The molecule has 1 fully saturated rings. The molecule has 1 aliphatic carbocycles. The molecule has 0 radical (unpaired) electrons. The number of fused-ring (bicyclic) bond motifs is 1. The summed E-state index contributed by atoms with van der Waals surface area (Å²) in [5.74, 6) is -1.08. The Morgan fingerprint density at radius 1 is 1.10 bits per heavy atom. The first-order valence-corrected chi connectivity index (χ1v) is 13.3. The van der Waals surface area contributed by atoms with Crippen LogP contribution in [0.15, 0.2) is 35.1 Å². The molecule has 1 aliphatic heterocycles. The fraction of sp³-hybridized carbons (Fsp3) is 0.444. The fourth-order valence-corrected chi connectivity index (χ4v) is 4.96. The number of esters is 1. The van der Waals surface area contributed by atoms with Gasteiger partial charge in [-0.2, -0.15) is 0 Å². The minimum atomic E-state index is -0.833. The van der Waals surface area contributed by atoms with E-state index >= 15 is 0 Å². The van der Waals surface area contributed by atoms with Crippen LogP contribution in [0.3, 0.4) is 0 Å². The van der Waals surface area contributed by atoms with Crippen LogP contribution in [0.2, 0.25) is 0 Å². The van der Waals surface area contributed by atoms with Gasteiger partial charge < -0.3 is 19.4 Å². The van der Waals surface area contributed by atoms with Crippen LogP contribution in [0.25, 0.3) is 11.6 Å². The van der Waals surface area contributed by atoms with Gasteiger partial charge in [0.2, 0.25) is 0 Å². The third kappa shape index (κ3) is 5.72. The molecular weight excluding hydrogens is 536 g/mol. The summed E-state index contributed by atoms with van der Waals surface area (Å²) in [6, 6.07) is 2.85. The zero-order valence-electron chi connectivity index (χ0n) is 22.8. The molecule has 41 heavy (non-hydrogen) atoms. The summed E-state index contributed by atoms with van der Waals surface area (Å²) in [5, 5.41) is 19.9. The van der Waals surface area contributed by atoms with E-state index < -0.39 is 17.0 Å². The van der Waals surface area contributed by atoms with E-state index in [-0.39, 0.29) is 30.6 Å². The van der Waals surface area contributed by atoms with Crippen LogP contribution in [-0.2, 0) is 29.1 Å². The van der Waals surface area contributed by atoms with Gasteiger partial charge in [-0.3, -0.25) is 4.79 Å². The highest BCUT2D eigenvalue weighted by molar-refractivity contribution is 5.75. The molecule has 2 aliphatic rings. The number of ether oxygens (including phenoxy) is 1. The van der Waals surface area contributed by atoms with Crippen molar-refractivity contribution in [2.75, 3.05) is 23.3 Å². The maximum Gasteiger partial charge on any atom is 0.318 e. The molecule has 1 N–H and O–H groups in total. The first kappa shape index (κ1) is 26.7. The van der Waals surface area contributed by atoms with Crippen LogP contribution in [0.5, 0.6) is 0 Å². The van der Waals surface area contributed by atoms with Crippen molar-refractivity contribution >= 4 is 17.8 Å². The topological polar surface area (TPSA) is 137 Å². The minimum absolute atomic E-state index is 0.0101. The Balaban J connectivity index is 1.03. The van der Waals surface area contributed by atoms with Gasteiger partial charge in [-0.15, -0.1) is 10.2 Å². The average molecular weight is 566 g/mol. The number of carbonyl (C=O) groups is 1. The smallest absolute Gasteiger partial charge is 0.318 e. The van der Waals surface area contributed by atoms with Crippen molar-refractivity contribution in [3.8, 4) is 11.6 Å². The van der Waals surface area contributed by atoms with Gasteiger partial charge in [0, 0.05) is 25.0 Å². The molecule has 3 aromatic heterocycles. The van der Waals surface area contributed by atoms with Crippen molar-refractivity contribution in [1.29, 1.82) is 0 Å². The van der Waals surface area contributed by atoms with Gasteiger partial charge in [0.15, 0.2) is 18.4 Å². The molecule has 6 rings (SSSR count). The molecule has 1 unspecified atom stereocenters. The van der Waals surface area contributed by atoms with E-state index in [1.54, 1.807) is 39.4 Å². The number of benzene rings is 1. The van der Waals surface area contributed by atoms with Crippen molar-refractivity contribution in [2.45, 2.75) is 58.7 Å². The van der Waals surface area contributed by atoms with Gasteiger partial charge >= 0.3 is 12.0 Å². The predicted octanol–water partition coefficient (Wildman–Crippen LogP) is 3.52. The molecule has 12 nitrogen and oxygen atoms in total. The normalized spacial score (nSPS) is 17.2. The number of anilines is 2. The van der Waals surface area contributed by atoms with E-state index in [9.17, 15) is 13.6 Å². The molecule has 0 bridgehead atoms. The molecule has 1 aromatic carbocycles. The number of nitrogens with one attached hydrogen (secondary N) is 1. The second kappa shape index (κ2) is 10.5. The Hall–Kier alpha value is -4.49. The number of halogens is 2. The lowest BCUT2D eigenvalue weighted by Crippen LogP contribution is -2.24. The summed E-state index contributed by atoms with van der Waals surface area (Å²) < 4.78 is 39.8. The van der Waals surface area contributed by atoms with Crippen LogP contribution in [0.4, 0.5) is 20.6 Å². The molecule has 0 spiro atoms. The van der Waals surface area contributed by atoms with Gasteiger partial charge in [0.25, 0.3) is 5.89 Å². The number of hydrogen-bond donors (Lipinski definition) is 1. The number of carbonyl (C=O) groups excluding carboxylic acids is 1. The van der Waals surface area contributed by atoms with Gasteiger partial charge in [-0.05, 0) is 63.3 Å². The lowest BCUT2D eigenvalue weighted by atomic mass is 9.98. The molecule has 4 aromatic rings. The van der Waals surface area contributed by atoms with Gasteiger partial charge in [0.1, 0.15) is 11.5 Å². The summed E-state index contributed by atoms with van der Waals surface area (Å²) in [6.45, 7) is 6.71. The standard InChI is InChI=1S/C27H29F2N9O3/c1-27(2,3)25(39)40-14-38-13-22(33-36-38)15-4-5-37(12-15)26-35-34-24(41-26)21-10-31-23(11-30-21)32-18-6-16-8-19(28)20(29)9-17(16)7-18/h8-11,13,15,18H,4-7,12,14H2,1-3H3,(H,31,32). The second-order valence-corrected chi connectivity index (χ2v) is 11.4. The van der Waals surface area contributed by atoms with Crippen molar-refractivity contribution in [3.05, 3.63) is 59.2 Å². The van der Waals surface area contributed by atoms with Crippen LogP contribution < -0.4 is 10.2 Å². The summed E-state index contributed by atoms with van der Waals surface area (Å²) in [5.41, 5.74) is 2.22. The van der Waals surface area contributed by atoms with Gasteiger partial charge in [0.05, 0.1) is 29.7 Å². The Bertz CT molecular complexity index is 1530. The summed E-state index contributed by atoms with van der Waals surface area (Å²) >= 11 is 0. The molecule has 214 valence electrons. The largest absolute Gasteiger partial charge is 0.442 e. The lowest BCUT2D eigenvalue weighted by molar-refractivity contribution is -0.157. The molecule has 1 saturated heterocycles. The highest BCUT2D eigenvalue weighted by Gasteiger charge is 2.30. The first-order chi connectivity index (χ1) is 19.6. The maximum atomic E-state index is 13.5. The van der Waals surface area contributed by atoms with Crippen molar-refractivity contribution in [2.24, 2.45) is 5.41 Å². The quantitative estimate of drug-likeness (QED) is 0.330. The average Bonchev–Trinajstić information content (AvgIpc) is 3.74. The Morgan fingerprint density at radius 2 is 1.85 bits per heavy atom. The van der Waals surface area contributed by atoms with E-state index in [1.807, 2.05) is 4.90 Å². The zero-order valence-corrected chi connectivity index (χ0v) is 22.8. The number of hydrogen-bond acceptors (Lipinski definition) is 11. The van der Waals surface area contributed by atoms with Crippen molar-refractivity contribution in [3.63, 3.8) is 0 Å². The molecule has 1 atom stereocenters. The summed E-state index contributed by atoms with van der Waals surface area (Å²) in [7, 11) is 0. The van der Waals surface area contributed by atoms with Crippen molar-refractivity contribution < 1.29 is 22.7 Å². The minimum Gasteiger partial charge on any atom is -0.442 e. The highest BCUT2D eigenvalue weighted by Crippen LogP contribution is 2.31. The molecule has 14 heteroatoms. The van der Waals surface area contributed by atoms with Crippen molar-refractivity contribution in [1.82, 2.24) is 35.2 Å². The summed E-state index contributed by atoms with van der Waals surface area (Å²) in [4.78, 5) is 22.8.